The first-order chi connectivity index (χ1) is 39.6. The number of carboxylic acid groups (broad SMARTS) is 1. The van der Waals surface area contributed by atoms with Crippen LogP contribution in [0.5, 0.6) is 0 Å². The van der Waals surface area contributed by atoms with Gasteiger partial charge in [0.05, 0.1) is 53.5 Å². The highest BCUT2D eigenvalue weighted by Gasteiger charge is 2.44. The van der Waals surface area contributed by atoms with Crippen LogP contribution in [0.3, 0.4) is 0 Å². The summed E-state index contributed by atoms with van der Waals surface area (Å²) in [4.78, 5) is 109. The minimum atomic E-state index is -5.83. The standard InChI is InChI=1S/C52H57N8O21P3/c1-7-17-75-44-24-46(79-45(44)27-76-83(71,72)81-84(73,74)80-82(68,69)70)59-26-33(48(53)58-51(59)64)11-10-16-56-52(65)77-30(6)35-20-31(12-15-41(35)60(66)67)25-57-49(61)32-13-14-34(50(62)63)36(21-32)47-37-18-28(4)39(54-8-2)22-42(37)78-43-23-40(55-9-3)29(5)19-38(43)47/h7,12-15,18-23,26,30,44-46,54H,1,8-9,16-17,24-25,27H2,2-6H3,(H,56,65)(H,57,61)(H,62,63)(H,71,72)(H,73,74)(H2,53,58,64)(H2,68,69,70)/p+1. The smallest absolute Gasteiger partial charge is 0.478 e. The average molecular weight is 1220 g/mol. The number of carbonyl (C=O) groups excluding carboxylic acids is 2. The summed E-state index contributed by atoms with van der Waals surface area (Å²) in [7, 11) is -17.1. The number of aryl methyl sites for hydroxylation is 2. The van der Waals surface area contributed by atoms with Crippen molar-refractivity contribution < 1.29 is 94.4 Å². The Morgan fingerprint density at radius 1 is 1.01 bits per heavy atom. The third-order valence-electron chi connectivity index (χ3n) is 12.7. The maximum atomic E-state index is 14.0. The predicted molar refractivity (Wildman–Crippen MR) is 299 cm³/mol. The highest BCUT2D eigenvalue weighted by Crippen LogP contribution is 2.66. The van der Waals surface area contributed by atoms with Gasteiger partial charge in [0.2, 0.25) is 5.36 Å². The maximum absolute atomic E-state index is 14.0. The number of nitrogens with two attached hydrogens (primary N) is 1. The molecular weight excluding hydrogens is 1170 g/mol. The molecule has 0 bridgehead atoms. The van der Waals surface area contributed by atoms with Crippen molar-refractivity contribution >= 4 is 69.6 Å². The van der Waals surface area contributed by atoms with Crippen molar-refractivity contribution in [1.29, 1.82) is 0 Å². The summed E-state index contributed by atoms with van der Waals surface area (Å²) in [5.74, 6) is 3.57. The van der Waals surface area contributed by atoms with E-state index in [1.165, 1.54) is 49.4 Å². The molecule has 1 aromatic heterocycles. The number of rotatable bonds is 23. The van der Waals surface area contributed by atoms with Crippen molar-refractivity contribution in [2.45, 2.75) is 72.1 Å². The van der Waals surface area contributed by atoms with Crippen molar-refractivity contribution in [2.24, 2.45) is 0 Å². The minimum absolute atomic E-state index is 0.0295. The van der Waals surface area contributed by atoms with Crippen LogP contribution in [0.1, 0.15) is 88.1 Å². The molecule has 2 amide bonds. The van der Waals surface area contributed by atoms with Gasteiger partial charge in [-0.1, -0.05) is 24.0 Å². The van der Waals surface area contributed by atoms with Gasteiger partial charge in [-0.05, 0) is 87.7 Å². The summed E-state index contributed by atoms with van der Waals surface area (Å²) < 4.78 is 71.8. The van der Waals surface area contributed by atoms with Crippen LogP contribution in [0.2, 0.25) is 0 Å². The molecule has 3 aliphatic rings. The molecule has 1 saturated heterocycles. The third-order valence-corrected chi connectivity index (χ3v) is 16.5. The van der Waals surface area contributed by atoms with Crippen LogP contribution >= 0.6 is 23.5 Å². The molecule has 29 nitrogen and oxygen atoms in total. The molecule has 4 aromatic rings. The summed E-state index contributed by atoms with van der Waals surface area (Å²) in [6.07, 6.45) is -3.43. The Morgan fingerprint density at radius 2 is 1.76 bits per heavy atom. The largest absolute Gasteiger partial charge is 0.490 e. The van der Waals surface area contributed by atoms with E-state index >= 15 is 0 Å². The molecule has 446 valence electrons. The van der Waals surface area contributed by atoms with E-state index in [1.54, 1.807) is 0 Å². The van der Waals surface area contributed by atoms with Gasteiger partial charge in [-0.2, -0.15) is 13.6 Å². The van der Waals surface area contributed by atoms with Gasteiger partial charge >= 0.3 is 41.2 Å². The lowest BCUT2D eigenvalue weighted by atomic mass is 9.88. The number of alkyl carbamates (subject to hydrolysis) is 1. The molecule has 7 rings (SSSR count). The number of benzene rings is 4. The zero-order valence-corrected chi connectivity index (χ0v) is 48.1. The lowest BCUT2D eigenvalue weighted by Crippen LogP contribution is -2.76. The molecule has 1 aliphatic carbocycles. The number of aromatic nitrogens is 2. The molecule has 0 spiro atoms. The molecule has 0 saturated carbocycles. The fraction of sp³-hybridized carbons (Fsp3) is 0.308. The molecule has 3 aromatic carbocycles. The fourth-order valence-electron chi connectivity index (χ4n) is 8.99. The molecular formula is C52H58N8O21P3+. The summed E-state index contributed by atoms with van der Waals surface area (Å²) in [6, 6.07) is 15.8. The predicted octanol–water partition coefficient (Wildman–Crippen LogP) is 4.97. The van der Waals surface area contributed by atoms with Crippen LogP contribution in [0.15, 0.2) is 88.7 Å². The second-order valence-electron chi connectivity index (χ2n) is 18.6. The Morgan fingerprint density at radius 3 is 2.44 bits per heavy atom. The lowest BCUT2D eigenvalue weighted by Gasteiger charge is -2.21. The van der Waals surface area contributed by atoms with E-state index in [2.05, 4.69) is 53.0 Å². The average Bonchev–Trinajstić information content (AvgIpc) is 1.17. The van der Waals surface area contributed by atoms with Gasteiger partial charge in [-0.25, -0.2) is 33.1 Å². The second-order valence-corrected chi connectivity index (χ2v) is 23.0. The van der Waals surface area contributed by atoms with Crippen LogP contribution in [0, 0.1) is 35.8 Å². The van der Waals surface area contributed by atoms with Gasteiger partial charge in [0.25, 0.3) is 11.6 Å². The minimum Gasteiger partial charge on any atom is -0.478 e. The number of ether oxygens (including phenoxy) is 3. The van der Waals surface area contributed by atoms with Gasteiger partial charge in [-0.3, -0.25) is 24.0 Å². The number of nitro benzene ring substituents is 1. The topological polar surface area (TPSA) is 426 Å². The van der Waals surface area contributed by atoms with E-state index in [0.717, 1.165) is 32.9 Å². The van der Waals surface area contributed by atoms with Crippen molar-refractivity contribution in [3.05, 3.63) is 144 Å². The number of hydrogen-bond donors (Lipinski definition) is 10. The molecule has 6 unspecified atom stereocenters. The number of nitrogen functional groups attached to an aromatic ring is 1. The molecule has 2 aliphatic heterocycles. The summed E-state index contributed by atoms with van der Waals surface area (Å²) in [5.41, 5.74) is 9.43. The second kappa shape index (κ2) is 26.8. The number of hydrogen-bond acceptors (Lipinski definition) is 19. The van der Waals surface area contributed by atoms with Gasteiger partial charge in [0.1, 0.15) is 42.1 Å². The van der Waals surface area contributed by atoms with Crippen LogP contribution in [0.25, 0.3) is 33.4 Å². The number of nitrogens with one attached hydrogen (secondary N) is 4. The fourth-order valence-corrected chi connectivity index (χ4v) is 12.0. The van der Waals surface area contributed by atoms with E-state index in [4.69, 9.17) is 38.7 Å². The number of phosphoric acid groups is 3. The van der Waals surface area contributed by atoms with E-state index in [9.17, 15) is 57.9 Å². The number of nitro groups is 1. The Labute approximate surface area is 477 Å². The number of fused-ring (bicyclic) bond motifs is 2. The normalized spacial score (nSPS) is 17.1. The number of anilines is 2. The number of carbonyl (C=O) groups is 3. The van der Waals surface area contributed by atoms with Crippen molar-refractivity contribution in [3.63, 3.8) is 0 Å². The highest BCUT2D eigenvalue weighted by atomic mass is 31.3. The molecule has 0 radical (unpaired) electrons. The molecule has 1 fully saturated rings. The van der Waals surface area contributed by atoms with Crippen LogP contribution in [-0.2, 0) is 47.6 Å². The van der Waals surface area contributed by atoms with Crippen molar-refractivity contribution in [3.8, 4) is 34.3 Å². The third kappa shape index (κ3) is 15.8. The van der Waals surface area contributed by atoms with E-state index in [-0.39, 0.29) is 53.2 Å². The zero-order valence-electron chi connectivity index (χ0n) is 45.4. The van der Waals surface area contributed by atoms with Crippen LogP contribution in [-0.4, -0.2) is 102 Å². The van der Waals surface area contributed by atoms with E-state index in [0.29, 0.717) is 46.5 Å². The van der Waals surface area contributed by atoms with E-state index in [1.807, 2.05) is 52.0 Å². The SMILES string of the molecule is C=CCOC1CC(n2cc(C#CCNC(=O)OC(C)c3cc(CNC(=O)c4ccc(C(=O)O)c(-c5c6cc(C)c(=[NH+]CC)cc-6oc6cc(NCC)c(C)cc56)c4)ccc3[N+](=O)[O-])c(N)nc2=O)OC1COP(=O)(O)OP(=O)(O)OP(=O)(O)O. The first-order valence-electron chi connectivity index (χ1n) is 25.3. The number of carboxylic acids is 1. The Hall–Kier alpha value is -7.93. The zero-order chi connectivity index (χ0) is 61.4. The maximum Gasteiger partial charge on any atom is 0.490 e. The summed E-state index contributed by atoms with van der Waals surface area (Å²) in [6.45, 7) is 12.4. The monoisotopic (exact) mass is 1220 g/mol. The van der Waals surface area contributed by atoms with Gasteiger partial charge in [-0.15, -0.1) is 6.58 Å². The van der Waals surface area contributed by atoms with Gasteiger partial charge < -0.3 is 65.0 Å². The number of phosphoric ester groups is 1. The molecule has 32 heteroatoms. The first-order valence-corrected chi connectivity index (χ1v) is 29.9. The summed E-state index contributed by atoms with van der Waals surface area (Å²) >= 11 is 0. The van der Waals surface area contributed by atoms with Crippen molar-refractivity contribution in [1.82, 2.24) is 20.2 Å². The highest BCUT2D eigenvalue weighted by molar-refractivity contribution is 7.66. The Kier molecular flexibility index (Phi) is 20.3. The molecule has 11 N–H and O–H groups in total. The number of aromatic carboxylic acids is 1. The number of amides is 2. The summed E-state index contributed by atoms with van der Waals surface area (Å²) in [5, 5.41) is 32.7. The van der Waals surface area contributed by atoms with E-state index < -0.39 is 95.4 Å². The quantitative estimate of drug-likeness (QED) is 0.0101. The van der Waals surface area contributed by atoms with Crippen LogP contribution in [0.4, 0.5) is 22.0 Å². The molecule has 84 heavy (non-hydrogen) atoms. The first kappa shape index (κ1) is 63.6. The molecule has 3 heterocycles. The lowest BCUT2D eigenvalue weighted by molar-refractivity contribution is -0.496. The van der Waals surface area contributed by atoms with Crippen molar-refractivity contribution in [2.75, 3.05) is 43.9 Å². The Balaban J connectivity index is 1.04. The van der Waals surface area contributed by atoms with Gasteiger partial charge in [0.15, 0.2) is 0 Å². The number of nitrogens with zero attached hydrogens (tertiary/aromatic N) is 3. The Bertz CT molecular complexity index is 3890. The molecule has 6 atom stereocenters. The van der Waals surface area contributed by atoms with Gasteiger partial charge in [0, 0.05) is 71.2 Å². The van der Waals surface area contributed by atoms with Crippen LogP contribution < -0.4 is 37.7 Å².